The molecular formula is C17H18N2O. The lowest BCUT2D eigenvalue weighted by molar-refractivity contribution is 0.277. The number of methoxy groups -OCH3 is 1. The smallest absolute Gasteiger partial charge is 0.0351 e. The van der Waals surface area contributed by atoms with Crippen LogP contribution in [0.15, 0.2) is 67.3 Å². The van der Waals surface area contributed by atoms with Crippen LogP contribution in [0.3, 0.4) is 0 Å². The van der Waals surface area contributed by atoms with Gasteiger partial charge < -0.3 is 9.72 Å². The predicted octanol–water partition coefficient (Wildman–Crippen LogP) is 4.01. The van der Waals surface area contributed by atoms with Crippen molar-refractivity contribution in [2.75, 3.05) is 14.2 Å². The Morgan fingerprint density at radius 1 is 0.800 bits per heavy atom. The molecule has 0 aliphatic carbocycles. The predicted molar refractivity (Wildman–Crippen MR) is 82.4 cm³/mol. The van der Waals surface area contributed by atoms with Gasteiger partial charge >= 0.3 is 0 Å². The Morgan fingerprint density at radius 3 is 1.85 bits per heavy atom. The molecule has 0 saturated heterocycles. The maximum atomic E-state index is 4.25. The molecule has 1 N–H and O–H groups in total. The molecule has 0 aliphatic heterocycles. The lowest BCUT2D eigenvalue weighted by atomic mass is 10.0. The third-order valence-corrected chi connectivity index (χ3v) is 2.82. The van der Waals surface area contributed by atoms with Gasteiger partial charge in [-0.2, -0.15) is 0 Å². The minimum atomic E-state index is 1.18. The maximum Gasteiger partial charge on any atom is 0.0351 e. The van der Waals surface area contributed by atoms with Gasteiger partial charge in [0.1, 0.15) is 0 Å². The number of ether oxygens (including phenoxy) is 1. The molecule has 0 atom stereocenters. The summed E-state index contributed by atoms with van der Waals surface area (Å²) in [6, 6.07) is 14.4. The first kappa shape index (κ1) is 14.0. The van der Waals surface area contributed by atoms with Gasteiger partial charge in [-0.25, -0.2) is 0 Å². The lowest BCUT2D eigenvalue weighted by Gasteiger charge is -2.03. The van der Waals surface area contributed by atoms with Crippen molar-refractivity contribution in [3.05, 3.63) is 67.3 Å². The Morgan fingerprint density at radius 2 is 1.30 bits per heavy atom. The van der Waals surface area contributed by atoms with Crippen LogP contribution in [0.2, 0.25) is 0 Å². The molecule has 0 aliphatic rings. The molecule has 0 amide bonds. The van der Waals surface area contributed by atoms with Gasteiger partial charge in [0.2, 0.25) is 0 Å². The number of rotatable bonds is 2. The molecule has 0 spiro atoms. The molecule has 1 aromatic carbocycles. The highest BCUT2D eigenvalue weighted by molar-refractivity contribution is 5.82. The highest BCUT2D eigenvalue weighted by atomic mass is 16.4. The molecule has 0 bridgehead atoms. The van der Waals surface area contributed by atoms with E-state index >= 15 is 0 Å². The van der Waals surface area contributed by atoms with Gasteiger partial charge in [0.25, 0.3) is 0 Å². The summed E-state index contributed by atoms with van der Waals surface area (Å²) >= 11 is 0. The van der Waals surface area contributed by atoms with E-state index in [0.717, 1.165) is 0 Å². The summed E-state index contributed by atoms with van der Waals surface area (Å²) in [6.45, 7) is 0. The van der Waals surface area contributed by atoms with Crippen LogP contribution in [0.4, 0.5) is 0 Å². The molecule has 0 unspecified atom stereocenters. The van der Waals surface area contributed by atoms with Crippen LogP contribution in [0.25, 0.3) is 22.3 Å². The number of pyridine rings is 1. The van der Waals surface area contributed by atoms with Crippen LogP contribution in [0, 0.1) is 0 Å². The Hall–Kier alpha value is -2.39. The molecule has 2 aromatic heterocycles. The summed E-state index contributed by atoms with van der Waals surface area (Å²) in [7, 11) is 3.25. The van der Waals surface area contributed by atoms with Crippen molar-refractivity contribution in [3.63, 3.8) is 0 Å². The molecule has 20 heavy (non-hydrogen) atoms. The minimum absolute atomic E-state index is 1.18. The molecule has 0 saturated carbocycles. The Balaban J connectivity index is 0.000000452. The van der Waals surface area contributed by atoms with E-state index in [1.165, 1.54) is 22.3 Å². The average Bonchev–Trinajstić information content (AvgIpc) is 2.99. The van der Waals surface area contributed by atoms with Crippen molar-refractivity contribution in [3.8, 4) is 22.3 Å². The first-order chi connectivity index (χ1) is 9.86. The van der Waals surface area contributed by atoms with E-state index in [2.05, 4.69) is 39.0 Å². The monoisotopic (exact) mass is 266 g/mol. The van der Waals surface area contributed by atoms with Crippen LogP contribution < -0.4 is 0 Å². The second-order valence-corrected chi connectivity index (χ2v) is 4.29. The molecule has 0 radical (unpaired) electrons. The van der Waals surface area contributed by atoms with E-state index in [0.29, 0.717) is 0 Å². The van der Waals surface area contributed by atoms with Gasteiger partial charge in [0, 0.05) is 50.1 Å². The SMILES string of the molecule is COC.c1ccc(-c2c[nH]cc2-c2ccncc2)cc1. The quantitative estimate of drug-likeness (QED) is 0.761. The minimum Gasteiger partial charge on any atom is -0.388 e. The fourth-order valence-electron chi connectivity index (χ4n) is 1.99. The zero-order valence-corrected chi connectivity index (χ0v) is 11.7. The molecule has 3 aromatic rings. The highest BCUT2D eigenvalue weighted by Gasteiger charge is 2.07. The molecule has 2 heterocycles. The van der Waals surface area contributed by atoms with Crippen LogP contribution in [0.5, 0.6) is 0 Å². The maximum absolute atomic E-state index is 4.25. The van der Waals surface area contributed by atoms with Gasteiger partial charge in [-0.3, -0.25) is 4.98 Å². The van der Waals surface area contributed by atoms with E-state index in [-0.39, 0.29) is 0 Å². The van der Waals surface area contributed by atoms with Crippen molar-refractivity contribution in [1.82, 2.24) is 9.97 Å². The molecule has 3 heteroatoms. The van der Waals surface area contributed by atoms with Crippen molar-refractivity contribution in [2.45, 2.75) is 0 Å². The second kappa shape index (κ2) is 7.26. The van der Waals surface area contributed by atoms with Crippen molar-refractivity contribution >= 4 is 0 Å². The largest absolute Gasteiger partial charge is 0.388 e. The Kier molecular flexibility index (Phi) is 5.09. The van der Waals surface area contributed by atoms with Gasteiger partial charge in [-0.1, -0.05) is 30.3 Å². The molecular weight excluding hydrogens is 248 g/mol. The third kappa shape index (κ3) is 3.33. The summed E-state index contributed by atoms with van der Waals surface area (Å²) in [5, 5.41) is 0. The summed E-state index contributed by atoms with van der Waals surface area (Å²) in [5.74, 6) is 0. The van der Waals surface area contributed by atoms with E-state index in [1.807, 2.05) is 43.0 Å². The van der Waals surface area contributed by atoms with Crippen molar-refractivity contribution in [2.24, 2.45) is 0 Å². The molecule has 0 fully saturated rings. The second-order valence-electron chi connectivity index (χ2n) is 4.29. The number of hydrogen-bond donors (Lipinski definition) is 1. The Bertz CT molecular complexity index is 564. The first-order valence-corrected chi connectivity index (χ1v) is 6.39. The van der Waals surface area contributed by atoms with E-state index in [9.17, 15) is 0 Å². The number of nitrogens with zero attached hydrogens (tertiary/aromatic N) is 1. The molecule has 3 nitrogen and oxygen atoms in total. The highest BCUT2D eigenvalue weighted by Crippen LogP contribution is 2.31. The van der Waals surface area contributed by atoms with Gasteiger partial charge in [0.05, 0.1) is 0 Å². The average molecular weight is 266 g/mol. The zero-order chi connectivity index (χ0) is 14.2. The summed E-state index contributed by atoms with van der Waals surface area (Å²) in [4.78, 5) is 7.22. The fourth-order valence-corrected chi connectivity index (χ4v) is 1.99. The standard InChI is InChI=1S/C15H12N2.C2H6O/c1-2-4-12(5-3-1)14-10-17-11-15(14)13-6-8-16-9-7-13;1-3-2/h1-11,17H;1-2H3. The number of H-pyrrole nitrogens is 1. The third-order valence-electron chi connectivity index (χ3n) is 2.82. The summed E-state index contributed by atoms with van der Waals surface area (Å²) < 4.78 is 4.25. The number of aromatic amines is 1. The van der Waals surface area contributed by atoms with Crippen LogP contribution >= 0.6 is 0 Å². The van der Waals surface area contributed by atoms with E-state index < -0.39 is 0 Å². The zero-order valence-electron chi connectivity index (χ0n) is 11.7. The van der Waals surface area contributed by atoms with Gasteiger partial charge in [-0.15, -0.1) is 0 Å². The number of nitrogens with one attached hydrogen (secondary N) is 1. The van der Waals surface area contributed by atoms with Crippen LogP contribution in [0.1, 0.15) is 0 Å². The Labute approximate surface area is 119 Å². The van der Waals surface area contributed by atoms with Gasteiger partial charge in [0.15, 0.2) is 0 Å². The lowest BCUT2D eigenvalue weighted by Crippen LogP contribution is -1.80. The number of hydrogen-bond acceptors (Lipinski definition) is 2. The molecule has 102 valence electrons. The normalized spacial score (nSPS) is 9.70. The summed E-state index contributed by atoms with van der Waals surface area (Å²) in [6.07, 6.45) is 7.69. The van der Waals surface area contributed by atoms with Crippen molar-refractivity contribution < 1.29 is 4.74 Å². The topological polar surface area (TPSA) is 37.9 Å². The molecule has 3 rings (SSSR count). The number of aromatic nitrogens is 2. The van der Waals surface area contributed by atoms with Crippen LogP contribution in [-0.4, -0.2) is 24.2 Å². The van der Waals surface area contributed by atoms with Gasteiger partial charge in [-0.05, 0) is 23.3 Å². The van der Waals surface area contributed by atoms with Crippen LogP contribution in [-0.2, 0) is 4.74 Å². The number of benzene rings is 1. The van der Waals surface area contributed by atoms with E-state index in [1.54, 1.807) is 14.2 Å². The van der Waals surface area contributed by atoms with E-state index in [4.69, 9.17) is 0 Å². The van der Waals surface area contributed by atoms with Crippen molar-refractivity contribution in [1.29, 1.82) is 0 Å². The summed E-state index contributed by atoms with van der Waals surface area (Å²) in [5.41, 5.74) is 4.83. The first-order valence-electron chi connectivity index (χ1n) is 6.39. The fraction of sp³-hybridized carbons (Fsp3) is 0.118.